The van der Waals surface area contributed by atoms with Gasteiger partial charge in [0.25, 0.3) is 0 Å². The molecule has 1 aromatic rings. The van der Waals surface area contributed by atoms with Crippen LogP contribution in [-0.2, 0) is 4.74 Å². The molecule has 0 radical (unpaired) electrons. The Kier molecular flexibility index (Phi) is 4.77. The van der Waals surface area contributed by atoms with E-state index in [0.717, 1.165) is 16.9 Å². The summed E-state index contributed by atoms with van der Waals surface area (Å²) in [6.07, 6.45) is -0.547. The largest absolute Gasteiger partial charge is 0.488 e. The third-order valence-electron chi connectivity index (χ3n) is 2.35. The van der Waals surface area contributed by atoms with Crippen molar-refractivity contribution < 1.29 is 14.6 Å². The maximum atomic E-state index is 9.63. The number of methoxy groups -OCH3 is 1. The van der Waals surface area contributed by atoms with Crippen LogP contribution in [0.1, 0.15) is 31.1 Å². The van der Waals surface area contributed by atoms with Gasteiger partial charge in [0, 0.05) is 12.7 Å². The highest BCUT2D eigenvalue weighted by atomic mass is 16.5. The molecule has 3 heteroatoms. The second-order valence-electron chi connectivity index (χ2n) is 4.10. The summed E-state index contributed by atoms with van der Waals surface area (Å²) in [6, 6.07) is 5.80. The van der Waals surface area contributed by atoms with Crippen molar-refractivity contribution in [1.82, 2.24) is 0 Å². The van der Waals surface area contributed by atoms with E-state index in [1.807, 2.05) is 32.0 Å². The van der Waals surface area contributed by atoms with Crippen LogP contribution in [-0.4, -0.2) is 24.9 Å². The molecule has 0 aliphatic heterocycles. The van der Waals surface area contributed by atoms with Gasteiger partial charge >= 0.3 is 0 Å². The third-order valence-corrected chi connectivity index (χ3v) is 2.35. The number of hydrogen-bond donors (Lipinski definition) is 1. The Hall–Kier alpha value is -1.06. The summed E-state index contributed by atoms with van der Waals surface area (Å²) in [7, 11) is 1.64. The molecule has 0 fully saturated rings. The summed E-state index contributed by atoms with van der Waals surface area (Å²) in [4.78, 5) is 0. The molecule has 1 aromatic carbocycles. The average molecular weight is 224 g/mol. The minimum Gasteiger partial charge on any atom is -0.488 e. The molecule has 1 rings (SSSR count). The normalized spacial score (nSPS) is 14.6. The maximum absolute atomic E-state index is 9.63. The van der Waals surface area contributed by atoms with Gasteiger partial charge in [-0.15, -0.1) is 0 Å². The Morgan fingerprint density at radius 2 is 2.00 bits per heavy atom. The number of aryl methyl sites for hydroxylation is 1. The van der Waals surface area contributed by atoms with E-state index in [-0.39, 0.29) is 6.10 Å². The molecule has 90 valence electrons. The van der Waals surface area contributed by atoms with Gasteiger partial charge in [0.05, 0.1) is 12.7 Å². The van der Waals surface area contributed by atoms with Gasteiger partial charge in [0.2, 0.25) is 0 Å². The molecule has 0 bridgehead atoms. The lowest BCUT2D eigenvalue weighted by molar-refractivity contribution is 0.0886. The highest BCUT2D eigenvalue weighted by molar-refractivity contribution is 5.38. The van der Waals surface area contributed by atoms with Gasteiger partial charge in [-0.05, 0) is 32.4 Å². The fraction of sp³-hybridized carbons (Fsp3) is 0.538. The van der Waals surface area contributed by atoms with Gasteiger partial charge in [-0.25, -0.2) is 0 Å². The average Bonchev–Trinajstić information content (AvgIpc) is 2.17. The van der Waals surface area contributed by atoms with Crippen molar-refractivity contribution in [2.24, 2.45) is 0 Å². The fourth-order valence-corrected chi connectivity index (χ4v) is 1.57. The Bertz CT molecular complexity index is 334. The molecule has 3 nitrogen and oxygen atoms in total. The SMILES string of the molecule is COCC(C)Oc1cc(C)ccc1[C@@H](C)O. The lowest BCUT2D eigenvalue weighted by Crippen LogP contribution is -2.19. The number of rotatable bonds is 5. The zero-order valence-electron chi connectivity index (χ0n) is 10.4. The van der Waals surface area contributed by atoms with Gasteiger partial charge < -0.3 is 14.6 Å². The van der Waals surface area contributed by atoms with Gasteiger partial charge in [0.1, 0.15) is 11.9 Å². The lowest BCUT2D eigenvalue weighted by Gasteiger charge is -2.18. The van der Waals surface area contributed by atoms with Crippen LogP contribution in [0.2, 0.25) is 0 Å². The maximum Gasteiger partial charge on any atom is 0.125 e. The van der Waals surface area contributed by atoms with Crippen LogP contribution in [0.5, 0.6) is 5.75 Å². The second kappa shape index (κ2) is 5.87. The van der Waals surface area contributed by atoms with Gasteiger partial charge in [-0.3, -0.25) is 0 Å². The molecular formula is C13H20O3. The van der Waals surface area contributed by atoms with Crippen LogP contribution in [0.15, 0.2) is 18.2 Å². The predicted molar refractivity (Wildman–Crippen MR) is 63.8 cm³/mol. The number of benzene rings is 1. The van der Waals surface area contributed by atoms with Crippen molar-refractivity contribution in [3.63, 3.8) is 0 Å². The third kappa shape index (κ3) is 3.51. The predicted octanol–water partition coefficient (Wildman–Crippen LogP) is 2.46. The summed E-state index contributed by atoms with van der Waals surface area (Å²) in [5.41, 5.74) is 1.93. The molecule has 0 aromatic heterocycles. The van der Waals surface area contributed by atoms with Gasteiger partial charge in [0.15, 0.2) is 0 Å². The van der Waals surface area contributed by atoms with E-state index in [9.17, 15) is 5.11 Å². The molecule has 0 aliphatic carbocycles. The van der Waals surface area contributed by atoms with E-state index >= 15 is 0 Å². The minimum absolute atomic E-state index is 0.0238. The van der Waals surface area contributed by atoms with Crippen LogP contribution < -0.4 is 4.74 Å². The number of aliphatic hydroxyl groups is 1. The fourth-order valence-electron chi connectivity index (χ4n) is 1.57. The van der Waals surface area contributed by atoms with E-state index in [4.69, 9.17) is 9.47 Å². The molecule has 16 heavy (non-hydrogen) atoms. The van der Waals surface area contributed by atoms with E-state index in [2.05, 4.69) is 0 Å². The topological polar surface area (TPSA) is 38.7 Å². The number of ether oxygens (including phenoxy) is 2. The van der Waals surface area contributed by atoms with Crippen molar-refractivity contribution in [2.45, 2.75) is 33.0 Å². The molecule has 0 amide bonds. The van der Waals surface area contributed by atoms with E-state index in [1.165, 1.54) is 0 Å². The van der Waals surface area contributed by atoms with Crippen molar-refractivity contribution >= 4 is 0 Å². The van der Waals surface area contributed by atoms with Crippen molar-refractivity contribution in [1.29, 1.82) is 0 Å². The molecule has 0 aliphatic rings. The quantitative estimate of drug-likeness (QED) is 0.835. The van der Waals surface area contributed by atoms with Crippen LogP contribution >= 0.6 is 0 Å². The zero-order chi connectivity index (χ0) is 12.1. The summed E-state index contributed by atoms with van der Waals surface area (Å²) in [5, 5.41) is 9.63. The molecule has 0 saturated carbocycles. The summed E-state index contributed by atoms with van der Waals surface area (Å²) >= 11 is 0. The first-order chi connectivity index (χ1) is 7.54. The van der Waals surface area contributed by atoms with Crippen molar-refractivity contribution in [3.05, 3.63) is 29.3 Å². The lowest BCUT2D eigenvalue weighted by atomic mass is 10.1. The molecule has 1 N–H and O–H groups in total. The monoisotopic (exact) mass is 224 g/mol. The van der Waals surface area contributed by atoms with Crippen LogP contribution in [0.3, 0.4) is 0 Å². The molecular weight excluding hydrogens is 204 g/mol. The smallest absolute Gasteiger partial charge is 0.125 e. The molecule has 2 atom stereocenters. The van der Waals surface area contributed by atoms with Gasteiger partial charge in [-0.1, -0.05) is 12.1 Å². The zero-order valence-corrected chi connectivity index (χ0v) is 10.4. The standard InChI is InChI=1S/C13H20O3/c1-9-5-6-12(11(3)14)13(7-9)16-10(2)8-15-4/h5-7,10-11,14H,8H2,1-4H3/t10?,11-/m1/s1. The Morgan fingerprint density at radius 1 is 1.31 bits per heavy atom. The Balaban J connectivity index is 2.87. The Labute approximate surface area is 97.0 Å². The van der Waals surface area contributed by atoms with E-state index in [1.54, 1.807) is 14.0 Å². The highest BCUT2D eigenvalue weighted by Crippen LogP contribution is 2.27. The summed E-state index contributed by atoms with van der Waals surface area (Å²) in [6.45, 7) is 6.21. The molecule has 0 spiro atoms. The van der Waals surface area contributed by atoms with Crippen LogP contribution in [0.25, 0.3) is 0 Å². The molecule has 0 heterocycles. The highest BCUT2D eigenvalue weighted by Gasteiger charge is 2.12. The van der Waals surface area contributed by atoms with E-state index in [0.29, 0.717) is 6.61 Å². The molecule has 0 saturated heterocycles. The molecule has 1 unspecified atom stereocenters. The van der Waals surface area contributed by atoms with Crippen molar-refractivity contribution in [3.8, 4) is 5.75 Å². The van der Waals surface area contributed by atoms with Crippen molar-refractivity contribution in [2.75, 3.05) is 13.7 Å². The van der Waals surface area contributed by atoms with E-state index < -0.39 is 6.10 Å². The first kappa shape index (κ1) is 13.0. The summed E-state index contributed by atoms with van der Waals surface area (Å²) < 4.78 is 10.8. The minimum atomic E-state index is -0.523. The second-order valence-corrected chi connectivity index (χ2v) is 4.10. The summed E-state index contributed by atoms with van der Waals surface area (Å²) in [5.74, 6) is 0.736. The Morgan fingerprint density at radius 3 is 2.56 bits per heavy atom. The van der Waals surface area contributed by atoms with Crippen LogP contribution in [0.4, 0.5) is 0 Å². The van der Waals surface area contributed by atoms with Gasteiger partial charge in [-0.2, -0.15) is 0 Å². The first-order valence-electron chi connectivity index (χ1n) is 5.48. The van der Waals surface area contributed by atoms with Crippen LogP contribution in [0, 0.1) is 6.92 Å². The number of aliphatic hydroxyl groups excluding tert-OH is 1. The first-order valence-corrected chi connectivity index (χ1v) is 5.48. The number of hydrogen-bond acceptors (Lipinski definition) is 3.